The van der Waals surface area contributed by atoms with Crippen LogP contribution in [0.5, 0.6) is 0 Å². The van der Waals surface area contributed by atoms with Gasteiger partial charge in [0.1, 0.15) is 6.07 Å². The highest BCUT2D eigenvalue weighted by atomic mass is 32.1. The van der Waals surface area contributed by atoms with Gasteiger partial charge in [-0.3, -0.25) is 4.98 Å². The Hall–Kier alpha value is -1.70. The third-order valence-corrected chi connectivity index (χ3v) is 3.43. The van der Waals surface area contributed by atoms with E-state index in [1.165, 1.54) is 10.4 Å². The Kier molecular flexibility index (Phi) is 3.86. The molecule has 0 aliphatic heterocycles. The summed E-state index contributed by atoms with van der Waals surface area (Å²) in [5.41, 5.74) is 3.01. The summed E-state index contributed by atoms with van der Waals surface area (Å²) < 4.78 is 0. The van der Waals surface area contributed by atoms with Crippen LogP contribution in [-0.4, -0.2) is 4.98 Å². The summed E-state index contributed by atoms with van der Waals surface area (Å²) in [4.78, 5) is 5.50. The number of aromatic nitrogens is 1. The van der Waals surface area contributed by atoms with Crippen molar-refractivity contribution in [2.45, 2.75) is 20.0 Å². The molecule has 0 aromatic carbocycles. The molecule has 2 heterocycles. The molecule has 0 bridgehead atoms. The number of thiophene rings is 1. The lowest BCUT2D eigenvalue weighted by Gasteiger charge is -2.05. The highest BCUT2D eigenvalue weighted by molar-refractivity contribution is 7.10. The normalized spacial score (nSPS) is 10.1. The summed E-state index contributed by atoms with van der Waals surface area (Å²) in [7, 11) is 0. The number of nitrogens with one attached hydrogen (secondary N) is 1. The first kappa shape index (κ1) is 11.8. The third-order valence-electron chi connectivity index (χ3n) is 2.49. The van der Waals surface area contributed by atoms with Gasteiger partial charge in [-0.05, 0) is 24.6 Å². The first-order valence-electron chi connectivity index (χ1n) is 5.38. The van der Waals surface area contributed by atoms with Gasteiger partial charge in [0.2, 0.25) is 0 Å². The number of nitriles is 1. The maximum atomic E-state index is 8.72. The molecule has 17 heavy (non-hydrogen) atoms. The summed E-state index contributed by atoms with van der Waals surface area (Å²) in [6.07, 6.45) is 1.81. The Balaban J connectivity index is 1.88. The lowest BCUT2D eigenvalue weighted by molar-refractivity contribution is 0.683. The van der Waals surface area contributed by atoms with E-state index in [1.54, 1.807) is 11.3 Å². The summed E-state index contributed by atoms with van der Waals surface area (Å²) in [5.74, 6) is 0. The van der Waals surface area contributed by atoms with Gasteiger partial charge in [0.05, 0.1) is 11.3 Å². The van der Waals surface area contributed by atoms with Crippen LogP contribution in [0.3, 0.4) is 0 Å². The largest absolute Gasteiger partial charge is 0.306 e. The van der Waals surface area contributed by atoms with Gasteiger partial charge < -0.3 is 5.32 Å². The Labute approximate surface area is 105 Å². The quantitative estimate of drug-likeness (QED) is 0.898. The van der Waals surface area contributed by atoms with Gasteiger partial charge in [-0.25, -0.2) is 0 Å². The molecule has 86 valence electrons. The maximum absolute atomic E-state index is 8.72. The van der Waals surface area contributed by atoms with E-state index in [0.29, 0.717) is 0 Å². The molecule has 0 fully saturated rings. The monoisotopic (exact) mass is 243 g/mol. The van der Waals surface area contributed by atoms with E-state index in [0.717, 1.165) is 24.3 Å². The fourth-order valence-electron chi connectivity index (χ4n) is 1.54. The second-order valence-electron chi connectivity index (χ2n) is 3.78. The van der Waals surface area contributed by atoms with Crippen molar-refractivity contribution in [3.05, 3.63) is 51.5 Å². The van der Waals surface area contributed by atoms with E-state index in [4.69, 9.17) is 5.26 Å². The fraction of sp³-hybridized carbons (Fsp3) is 0.231. The van der Waals surface area contributed by atoms with E-state index < -0.39 is 0 Å². The SMILES string of the molecule is Cc1cccnc1CNCc1cc(C#N)cs1. The molecule has 0 amide bonds. The minimum absolute atomic E-state index is 0.737. The summed E-state index contributed by atoms with van der Waals surface area (Å²) >= 11 is 1.61. The number of pyridine rings is 1. The minimum atomic E-state index is 0.737. The van der Waals surface area contributed by atoms with Crippen LogP contribution < -0.4 is 5.32 Å². The van der Waals surface area contributed by atoms with Crippen LogP contribution in [0.4, 0.5) is 0 Å². The average molecular weight is 243 g/mol. The standard InChI is InChI=1S/C13H13N3S/c1-10-3-2-4-16-13(10)8-15-7-12-5-11(6-14)9-17-12/h2-5,9,15H,7-8H2,1H3. The first-order chi connectivity index (χ1) is 8.29. The number of aryl methyl sites for hydroxylation is 1. The molecule has 4 heteroatoms. The van der Waals surface area contributed by atoms with Crippen LogP contribution in [0.1, 0.15) is 21.7 Å². The van der Waals surface area contributed by atoms with E-state index >= 15 is 0 Å². The van der Waals surface area contributed by atoms with Crippen molar-refractivity contribution in [2.24, 2.45) is 0 Å². The van der Waals surface area contributed by atoms with Crippen LogP contribution in [0.2, 0.25) is 0 Å². The Morgan fingerprint density at radius 2 is 2.35 bits per heavy atom. The molecule has 2 aromatic heterocycles. The van der Waals surface area contributed by atoms with Gasteiger partial charge in [-0.2, -0.15) is 5.26 Å². The molecular weight excluding hydrogens is 230 g/mol. The summed E-state index contributed by atoms with van der Waals surface area (Å²) in [6.45, 7) is 3.60. The number of hydrogen-bond acceptors (Lipinski definition) is 4. The lowest BCUT2D eigenvalue weighted by Crippen LogP contribution is -2.13. The molecule has 1 N–H and O–H groups in total. The lowest BCUT2D eigenvalue weighted by atomic mass is 10.2. The highest BCUT2D eigenvalue weighted by Gasteiger charge is 2.01. The fourth-order valence-corrected chi connectivity index (χ4v) is 2.32. The van der Waals surface area contributed by atoms with Gasteiger partial charge in [0.25, 0.3) is 0 Å². The average Bonchev–Trinajstić information content (AvgIpc) is 2.80. The number of nitrogens with zero attached hydrogens (tertiary/aromatic N) is 2. The zero-order valence-electron chi connectivity index (χ0n) is 9.60. The van der Waals surface area contributed by atoms with Crippen molar-refractivity contribution in [3.8, 4) is 6.07 Å². The van der Waals surface area contributed by atoms with Crippen molar-refractivity contribution in [2.75, 3.05) is 0 Å². The molecule has 0 saturated heterocycles. The first-order valence-corrected chi connectivity index (χ1v) is 6.26. The zero-order chi connectivity index (χ0) is 12.1. The molecule has 0 spiro atoms. The van der Waals surface area contributed by atoms with Gasteiger partial charge in [0.15, 0.2) is 0 Å². The Morgan fingerprint density at radius 3 is 3.06 bits per heavy atom. The van der Waals surface area contributed by atoms with Crippen LogP contribution in [0.25, 0.3) is 0 Å². The van der Waals surface area contributed by atoms with Crippen LogP contribution in [-0.2, 0) is 13.1 Å². The maximum Gasteiger partial charge on any atom is 0.100 e. The van der Waals surface area contributed by atoms with Gasteiger partial charge in [-0.1, -0.05) is 6.07 Å². The third kappa shape index (κ3) is 3.13. The van der Waals surface area contributed by atoms with Gasteiger partial charge in [0, 0.05) is 29.5 Å². The summed E-state index contributed by atoms with van der Waals surface area (Å²) in [6, 6.07) is 8.05. The highest BCUT2D eigenvalue weighted by Crippen LogP contribution is 2.13. The van der Waals surface area contributed by atoms with Gasteiger partial charge >= 0.3 is 0 Å². The second kappa shape index (κ2) is 5.58. The molecule has 0 saturated carbocycles. The number of hydrogen-bond donors (Lipinski definition) is 1. The van der Waals surface area contributed by atoms with Gasteiger partial charge in [-0.15, -0.1) is 11.3 Å². The second-order valence-corrected chi connectivity index (χ2v) is 4.78. The smallest absolute Gasteiger partial charge is 0.100 e. The zero-order valence-corrected chi connectivity index (χ0v) is 10.4. The van der Waals surface area contributed by atoms with E-state index in [-0.39, 0.29) is 0 Å². The molecule has 0 unspecified atom stereocenters. The molecule has 0 aliphatic carbocycles. The molecule has 2 aromatic rings. The molecule has 3 nitrogen and oxygen atoms in total. The van der Waals surface area contributed by atoms with Crippen LogP contribution in [0.15, 0.2) is 29.8 Å². The van der Waals surface area contributed by atoms with Crippen molar-refractivity contribution < 1.29 is 0 Å². The Bertz CT molecular complexity index is 540. The van der Waals surface area contributed by atoms with Crippen molar-refractivity contribution in [3.63, 3.8) is 0 Å². The molecule has 0 radical (unpaired) electrons. The van der Waals surface area contributed by atoms with Crippen molar-refractivity contribution in [1.82, 2.24) is 10.3 Å². The van der Waals surface area contributed by atoms with Crippen molar-refractivity contribution >= 4 is 11.3 Å². The van der Waals surface area contributed by atoms with E-state index in [1.807, 2.05) is 23.7 Å². The predicted octanol–water partition coefficient (Wildman–Crippen LogP) is 2.61. The predicted molar refractivity (Wildman–Crippen MR) is 68.6 cm³/mol. The summed E-state index contributed by atoms with van der Waals surface area (Å²) in [5, 5.41) is 13.9. The van der Waals surface area contributed by atoms with Crippen LogP contribution in [0, 0.1) is 18.3 Å². The molecular formula is C13H13N3S. The molecule has 2 rings (SSSR count). The van der Waals surface area contributed by atoms with Crippen LogP contribution >= 0.6 is 11.3 Å². The topological polar surface area (TPSA) is 48.7 Å². The minimum Gasteiger partial charge on any atom is -0.306 e. The Morgan fingerprint density at radius 1 is 1.47 bits per heavy atom. The molecule has 0 aliphatic rings. The molecule has 0 atom stereocenters. The van der Waals surface area contributed by atoms with E-state index in [2.05, 4.69) is 29.4 Å². The van der Waals surface area contributed by atoms with E-state index in [9.17, 15) is 0 Å². The van der Waals surface area contributed by atoms with Crippen molar-refractivity contribution in [1.29, 1.82) is 5.26 Å². The number of rotatable bonds is 4.